The van der Waals surface area contributed by atoms with Crippen LogP contribution in [0, 0.1) is 0 Å². The van der Waals surface area contributed by atoms with Gasteiger partial charge in [-0.3, -0.25) is 9.59 Å². The highest BCUT2D eigenvalue weighted by atomic mass is 19.4. The van der Waals surface area contributed by atoms with Crippen molar-refractivity contribution in [2.24, 2.45) is 0 Å². The van der Waals surface area contributed by atoms with Crippen molar-refractivity contribution < 1.29 is 22.8 Å². The zero-order valence-electron chi connectivity index (χ0n) is 17.3. The molecule has 0 radical (unpaired) electrons. The maximum atomic E-state index is 13.6. The minimum Gasteiger partial charge on any atom is -0.349 e. The summed E-state index contributed by atoms with van der Waals surface area (Å²) in [6.07, 6.45) is -1.50. The molecule has 0 spiro atoms. The molecule has 4 nitrogen and oxygen atoms in total. The minimum atomic E-state index is -4.47. The van der Waals surface area contributed by atoms with Crippen LogP contribution in [0.1, 0.15) is 66.6 Å². The van der Waals surface area contributed by atoms with Crippen LogP contribution in [0.4, 0.5) is 13.2 Å². The summed E-state index contributed by atoms with van der Waals surface area (Å²) in [6, 6.07) is 13.1. The maximum Gasteiger partial charge on any atom is 0.416 e. The number of benzene rings is 2. The number of rotatable bonds is 2. The Labute approximate surface area is 179 Å². The second-order valence-electron chi connectivity index (χ2n) is 8.65. The van der Waals surface area contributed by atoms with Crippen molar-refractivity contribution >= 4 is 11.8 Å². The quantitative estimate of drug-likeness (QED) is 0.720. The van der Waals surface area contributed by atoms with E-state index < -0.39 is 23.3 Å². The van der Waals surface area contributed by atoms with Gasteiger partial charge in [-0.25, -0.2) is 0 Å². The fourth-order valence-corrected chi connectivity index (χ4v) is 4.97. The van der Waals surface area contributed by atoms with Crippen molar-refractivity contribution in [3.63, 3.8) is 0 Å². The van der Waals surface area contributed by atoms with Crippen LogP contribution >= 0.6 is 0 Å². The molecule has 0 saturated carbocycles. The molecule has 2 aliphatic heterocycles. The van der Waals surface area contributed by atoms with E-state index in [1.165, 1.54) is 6.07 Å². The second-order valence-corrected chi connectivity index (χ2v) is 8.65. The summed E-state index contributed by atoms with van der Waals surface area (Å²) in [5, 5.41) is 3.08. The van der Waals surface area contributed by atoms with E-state index in [0.29, 0.717) is 30.4 Å². The zero-order chi connectivity index (χ0) is 22.2. The number of carbonyl (C=O) groups is 2. The summed E-state index contributed by atoms with van der Waals surface area (Å²) in [5.41, 5.74) is -0.532. The van der Waals surface area contributed by atoms with Crippen molar-refractivity contribution in [3.05, 3.63) is 71.3 Å². The molecule has 0 bridgehead atoms. The van der Waals surface area contributed by atoms with Crippen LogP contribution in [0.2, 0.25) is 0 Å². The van der Waals surface area contributed by atoms with Gasteiger partial charge in [0.15, 0.2) is 0 Å². The molecule has 2 fully saturated rings. The van der Waals surface area contributed by atoms with Gasteiger partial charge in [-0.1, -0.05) is 36.8 Å². The number of hydrogen-bond donors (Lipinski definition) is 1. The minimum absolute atomic E-state index is 0.0796. The largest absolute Gasteiger partial charge is 0.416 e. The number of nitrogens with zero attached hydrogens (tertiary/aromatic N) is 1. The van der Waals surface area contributed by atoms with Crippen molar-refractivity contribution in [1.82, 2.24) is 10.2 Å². The Bertz CT molecular complexity index is 976. The number of fused-ring (bicyclic) bond motifs is 1. The molecule has 7 heteroatoms. The van der Waals surface area contributed by atoms with Gasteiger partial charge in [0.1, 0.15) is 0 Å². The fraction of sp³-hybridized carbons (Fsp3) is 0.417. The Hall–Kier alpha value is -2.83. The van der Waals surface area contributed by atoms with Crippen LogP contribution < -0.4 is 5.32 Å². The van der Waals surface area contributed by atoms with E-state index in [2.05, 4.69) is 5.32 Å². The van der Waals surface area contributed by atoms with Crippen molar-refractivity contribution in [3.8, 4) is 0 Å². The van der Waals surface area contributed by atoms with Crippen LogP contribution in [0.25, 0.3) is 0 Å². The lowest BCUT2D eigenvalue weighted by atomic mass is 9.85. The molecule has 2 aromatic carbocycles. The van der Waals surface area contributed by atoms with E-state index in [9.17, 15) is 22.8 Å². The molecule has 2 aliphatic rings. The standard InChI is InChI=1S/C24H25F3N2O2/c1-23-15-19(17-10-7-11-18(14-17)24(25,26)27)29(22(31)16-8-3-2-4-9-16)20(23)12-5-6-13-21(30)28-23/h2-4,7-11,14,19-20H,5-6,12-13,15H2,1H3,(H,28,30)/t19-,20-,23-/m0/s1. The Morgan fingerprint density at radius 2 is 1.84 bits per heavy atom. The Morgan fingerprint density at radius 1 is 1.10 bits per heavy atom. The first-order chi connectivity index (χ1) is 14.7. The van der Waals surface area contributed by atoms with Crippen molar-refractivity contribution in [1.29, 1.82) is 0 Å². The van der Waals surface area contributed by atoms with Crippen LogP contribution in [0.3, 0.4) is 0 Å². The molecular weight excluding hydrogens is 405 g/mol. The summed E-state index contributed by atoms with van der Waals surface area (Å²) in [4.78, 5) is 27.7. The third-order valence-corrected chi connectivity index (χ3v) is 6.43. The molecule has 2 saturated heterocycles. The van der Waals surface area contributed by atoms with Crippen LogP contribution in [0.5, 0.6) is 0 Å². The number of halogens is 3. The predicted octanol–water partition coefficient (Wildman–Crippen LogP) is 5.11. The average Bonchev–Trinajstić information content (AvgIpc) is 3.01. The molecular formula is C24H25F3N2O2. The van der Waals surface area contributed by atoms with Crippen molar-refractivity contribution in [2.75, 3.05) is 0 Å². The summed E-state index contributed by atoms with van der Waals surface area (Å²) in [5.74, 6) is -0.310. The average molecular weight is 430 g/mol. The SMILES string of the molecule is C[C@]12C[C@@H](c3cccc(C(F)(F)F)c3)N(C(=O)c3ccccc3)[C@H]1CCCCC(=O)N2. The third-order valence-electron chi connectivity index (χ3n) is 6.43. The van der Waals surface area contributed by atoms with E-state index >= 15 is 0 Å². The van der Waals surface area contributed by atoms with E-state index in [4.69, 9.17) is 0 Å². The van der Waals surface area contributed by atoms with E-state index in [1.54, 1.807) is 35.2 Å². The molecule has 0 aliphatic carbocycles. The van der Waals surface area contributed by atoms with Gasteiger partial charge in [-0.15, -0.1) is 0 Å². The number of carbonyl (C=O) groups excluding carboxylic acids is 2. The highest BCUT2D eigenvalue weighted by molar-refractivity contribution is 5.95. The van der Waals surface area contributed by atoms with E-state index in [1.807, 2.05) is 13.0 Å². The zero-order valence-corrected chi connectivity index (χ0v) is 17.3. The molecule has 4 rings (SSSR count). The maximum absolute atomic E-state index is 13.6. The molecule has 0 aromatic heterocycles. The van der Waals surface area contributed by atoms with Gasteiger partial charge in [-0.2, -0.15) is 13.2 Å². The van der Waals surface area contributed by atoms with E-state index in [0.717, 1.165) is 25.0 Å². The monoisotopic (exact) mass is 430 g/mol. The van der Waals surface area contributed by atoms with Gasteiger partial charge in [0.25, 0.3) is 5.91 Å². The highest BCUT2D eigenvalue weighted by Gasteiger charge is 2.52. The molecule has 0 unspecified atom stereocenters. The summed E-state index contributed by atoms with van der Waals surface area (Å²) in [7, 11) is 0. The van der Waals surface area contributed by atoms with Gasteiger partial charge in [0.2, 0.25) is 5.91 Å². The van der Waals surface area contributed by atoms with Gasteiger partial charge in [0, 0.05) is 12.0 Å². The third kappa shape index (κ3) is 4.18. The number of amides is 2. The first kappa shape index (κ1) is 21.4. The first-order valence-electron chi connectivity index (χ1n) is 10.5. The first-order valence-corrected chi connectivity index (χ1v) is 10.5. The summed E-state index contributed by atoms with van der Waals surface area (Å²) in [6.45, 7) is 1.90. The van der Waals surface area contributed by atoms with Crippen LogP contribution in [-0.2, 0) is 11.0 Å². The molecule has 2 amide bonds. The van der Waals surface area contributed by atoms with E-state index in [-0.39, 0.29) is 17.9 Å². The summed E-state index contributed by atoms with van der Waals surface area (Å²) >= 11 is 0. The highest BCUT2D eigenvalue weighted by Crippen LogP contribution is 2.46. The topological polar surface area (TPSA) is 49.4 Å². The lowest BCUT2D eigenvalue weighted by Crippen LogP contribution is -2.56. The Balaban J connectivity index is 1.80. The lowest BCUT2D eigenvalue weighted by molar-refractivity contribution is -0.137. The Morgan fingerprint density at radius 3 is 2.55 bits per heavy atom. The normalized spacial score (nSPS) is 26.6. The summed E-state index contributed by atoms with van der Waals surface area (Å²) < 4.78 is 40.1. The molecule has 1 N–H and O–H groups in total. The molecule has 2 aromatic rings. The second kappa shape index (κ2) is 8.02. The predicted molar refractivity (Wildman–Crippen MR) is 110 cm³/mol. The number of nitrogens with one attached hydrogen (secondary N) is 1. The molecule has 164 valence electrons. The van der Waals surface area contributed by atoms with Gasteiger partial charge in [0.05, 0.1) is 23.2 Å². The Kier molecular flexibility index (Phi) is 5.54. The van der Waals surface area contributed by atoms with Crippen LogP contribution in [0.15, 0.2) is 54.6 Å². The smallest absolute Gasteiger partial charge is 0.349 e. The number of alkyl halides is 3. The van der Waals surface area contributed by atoms with Gasteiger partial charge in [-0.05, 0) is 56.0 Å². The number of hydrogen-bond acceptors (Lipinski definition) is 2. The fourth-order valence-electron chi connectivity index (χ4n) is 4.97. The lowest BCUT2D eigenvalue weighted by Gasteiger charge is -2.38. The molecule has 3 atom stereocenters. The molecule has 31 heavy (non-hydrogen) atoms. The van der Waals surface area contributed by atoms with Crippen molar-refractivity contribution in [2.45, 2.75) is 62.8 Å². The number of likely N-dealkylation sites (tertiary alicyclic amines) is 1. The van der Waals surface area contributed by atoms with Gasteiger partial charge < -0.3 is 10.2 Å². The van der Waals surface area contributed by atoms with Crippen LogP contribution in [-0.4, -0.2) is 28.3 Å². The molecule has 2 heterocycles. The van der Waals surface area contributed by atoms with Gasteiger partial charge >= 0.3 is 6.18 Å².